The molecule has 0 N–H and O–H groups in total. The average molecular weight is 190 g/mol. The van der Waals surface area contributed by atoms with Crippen LogP contribution in [0.15, 0.2) is 24.3 Å². The molecule has 0 amide bonds. The quantitative estimate of drug-likeness (QED) is 0.540. The number of fused-ring (bicyclic) bond motifs is 1. The predicted molar refractivity (Wildman–Crippen MR) is 62.1 cm³/mol. The molecule has 0 radical (unpaired) electrons. The van der Waals surface area contributed by atoms with Crippen LogP contribution in [0.5, 0.6) is 0 Å². The summed E-state index contributed by atoms with van der Waals surface area (Å²) in [5, 5.41) is 0. The Bertz CT molecular complexity index is 261. The molecule has 0 aromatic heterocycles. The van der Waals surface area contributed by atoms with Crippen LogP contribution in [-0.2, 0) is 0 Å². The SMILES string of the molecule is C=C(C)[C@H]1CCC[C@H]2CC=CC[C@@]21C. The highest BCUT2D eigenvalue weighted by Gasteiger charge is 2.43. The highest BCUT2D eigenvalue weighted by atomic mass is 14.5. The van der Waals surface area contributed by atoms with Gasteiger partial charge in [0.05, 0.1) is 0 Å². The predicted octanol–water partition coefficient (Wildman–Crippen LogP) is 4.34. The Hall–Kier alpha value is -0.520. The molecule has 0 nitrogen and oxygen atoms in total. The van der Waals surface area contributed by atoms with Crippen molar-refractivity contribution in [2.75, 3.05) is 0 Å². The molecular weight excluding hydrogens is 168 g/mol. The summed E-state index contributed by atoms with van der Waals surface area (Å²) in [5.41, 5.74) is 1.94. The van der Waals surface area contributed by atoms with Gasteiger partial charge in [0, 0.05) is 0 Å². The minimum Gasteiger partial charge on any atom is -0.0998 e. The lowest BCUT2D eigenvalue weighted by atomic mass is 9.55. The van der Waals surface area contributed by atoms with Crippen molar-refractivity contribution in [1.29, 1.82) is 0 Å². The fourth-order valence-electron chi connectivity index (χ4n) is 3.62. The lowest BCUT2D eigenvalue weighted by Crippen LogP contribution is -2.40. The monoisotopic (exact) mass is 190 g/mol. The smallest absolute Gasteiger partial charge is 0.0149 e. The molecule has 2 aliphatic carbocycles. The Morgan fingerprint density at radius 3 is 2.86 bits per heavy atom. The van der Waals surface area contributed by atoms with Crippen LogP contribution in [0.1, 0.15) is 46.0 Å². The van der Waals surface area contributed by atoms with Gasteiger partial charge in [-0.15, -0.1) is 0 Å². The summed E-state index contributed by atoms with van der Waals surface area (Å²) >= 11 is 0. The fourth-order valence-corrected chi connectivity index (χ4v) is 3.62. The molecule has 78 valence electrons. The summed E-state index contributed by atoms with van der Waals surface area (Å²) in [6.45, 7) is 8.90. The summed E-state index contributed by atoms with van der Waals surface area (Å²) < 4.78 is 0. The van der Waals surface area contributed by atoms with Crippen LogP contribution in [0.2, 0.25) is 0 Å². The Labute approximate surface area is 88.1 Å². The van der Waals surface area contributed by atoms with E-state index < -0.39 is 0 Å². The van der Waals surface area contributed by atoms with E-state index in [2.05, 4.69) is 32.6 Å². The topological polar surface area (TPSA) is 0 Å². The van der Waals surface area contributed by atoms with Crippen LogP contribution < -0.4 is 0 Å². The first-order valence-electron chi connectivity index (χ1n) is 5.95. The van der Waals surface area contributed by atoms with Crippen molar-refractivity contribution in [1.82, 2.24) is 0 Å². The molecular formula is C14H22. The van der Waals surface area contributed by atoms with Crippen molar-refractivity contribution in [3.63, 3.8) is 0 Å². The Balaban J connectivity index is 2.27. The van der Waals surface area contributed by atoms with E-state index in [1.165, 1.54) is 37.7 Å². The van der Waals surface area contributed by atoms with Crippen molar-refractivity contribution >= 4 is 0 Å². The molecule has 0 saturated heterocycles. The van der Waals surface area contributed by atoms with E-state index in [1.807, 2.05) is 0 Å². The van der Waals surface area contributed by atoms with Gasteiger partial charge in [0.2, 0.25) is 0 Å². The van der Waals surface area contributed by atoms with Gasteiger partial charge >= 0.3 is 0 Å². The van der Waals surface area contributed by atoms with Gasteiger partial charge in [-0.25, -0.2) is 0 Å². The van der Waals surface area contributed by atoms with Crippen LogP contribution >= 0.6 is 0 Å². The molecule has 14 heavy (non-hydrogen) atoms. The lowest BCUT2D eigenvalue weighted by Gasteiger charge is -2.49. The Kier molecular flexibility index (Phi) is 2.55. The molecule has 0 aromatic rings. The van der Waals surface area contributed by atoms with E-state index >= 15 is 0 Å². The molecule has 0 aliphatic heterocycles. The van der Waals surface area contributed by atoms with Crippen LogP contribution in [0.25, 0.3) is 0 Å². The van der Waals surface area contributed by atoms with Crippen LogP contribution in [0.4, 0.5) is 0 Å². The second kappa shape index (κ2) is 3.56. The van der Waals surface area contributed by atoms with E-state index in [1.54, 1.807) is 0 Å². The molecule has 0 aromatic carbocycles. The summed E-state index contributed by atoms with van der Waals surface area (Å²) in [7, 11) is 0. The summed E-state index contributed by atoms with van der Waals surface area (Å²) in [5.74, 6) is 1.69. The molecule has 0 unspecified atom stereocenters. The van der Waals surface area contributed by atoms with Gasteiger partial charge in [0.1, 0.15) is 0 Å². The molecule has 0 spiro atoms. The van der Waals surface area contributed by atoms with Crippen molar-refractivity contribution in [2.24, 2.45) is 17.3 Å². The first kappa shape index (κ1) is 10.0. The van der Waals surface area contributed by atoms with Crippen molar-refractivity contribution in [3.8, 4) is 0 Å². The minimum absolute atomic E-state index is 0.527. The number of rotatable bonds is 1. The average Bonchev–Trinajstić information content (AvgIpc) is 2.15. The maximum absolute atomic E-state index is 4.19. The first-order valence-corrected chi connectivity index (χ1v) is 5.95. The van der Waals surface area contributed by atoms with Gasteiger partial charge < -0.3 is 0 Å². The zero-order chi connectivity index (χ0) is 10.2. The highest BCUT2D eigenvalue weighted by Crippen LogP contribution is 2.53. The molecule has 1 saturated carbocycles. The van der Waals surface area contributed by atoms with Gasteiger partial charge in [0.15, 0.2) is 0 Å². The Morgan fingerprint density at radius 1 is 1.36 bits per heavy atom. The number of hydrogen-bond donors (Lipinski definition) is 0. The summed E-state index contributed by atoms with van der Waals surface area (Å²) in [4.78, 5) is 0. The molecule has 2 aliphatic rings. The maximum Gasteiger partial charge on any atom is -0.0149 e. The third-order valence-corrected chi connectivity index (χ3v) is 4.51. The largest absolute Gasteiger partial charge is 0.0998 e. The third kappa shape index (κ3) is 1.45. The highest BCUT2D eigenvalue weighted by molar-refractivity contribution is 5.12. The first-order chi connectivity index (χ1) is 6.64. The summed E-state index contributed by atoms with van der Waals surface area (Å²) in [6, 6.07) is 0. The van der Waals surface area contributed by atoms with Crippen molar-refractivity contribution in [3.05, 3.63) is 24.3 Å². The van der Waals surface area contributed by atoms with E-state index in [4.69, 9.17) is 0 Å². The standard InChI is InChI=1S/C14H22/c1-11(2)13-9-6-8-12-7-4-5-10-14(12,13)3/h4-5,12-13H,1,6-10H2,2-3H3/t12-,13-,14+/m1/s1. The van der Waals surface area contributed by atoms with E-state index in [0.29, 0.717) is 5.41 Å². The van der Waals surface area contributed by atoms with Gasteiger partial charge in [-0.2, -0.15) is 0 Å². The van der Waals surface area contributed by atoms with Gasteiger partial charge in [-0.3, -0.25) is 0 Å². The van der Waals surface area contributed by atoms with Crippen LogP contribution in [0, 0.1) is 17.3 Å². The summed E-state index contributed by atoms with van der Waals surface area (Å²) in [6.07, 6.45) is 11.6. The second-order valence-electron chi connectivity index (χ2n) is 5.44. The second-order valence-corrected chi connectivity index (χ2v) is 5.44. The number of allylic oxidation sites excluding steroid dienone is 3. The number of hydrogen-bond acceptors (Lipinski definition) is 0. The molecule has 0 bridgehead atoms. The van der Waals surface area contributed by atoms with E-state index in [-0.39, 0.29) is 0 Å². The minimum atomic E-state index is 0.527. The molecule has 0 heterocycles. The van der Waals surface area contributed by atoms with E-state index in [0.717, 1.165) is 11.8 Å². The van der Waals surface area contributed by atoms with Gasteiger partial charge in [-0.05, 0) is 49.9 Å². The fraction of sp³-hybridized carbons (Fsp3) is 0.714. The van der Waals surface area contributed by atoms with Crippen LogP contribution in [-0.4, -0.2) is 0 Å². The van der Waals surface area contributed by atoms with Crippen molar-refractivity contribution < 1.29 is 0 Å². The molecule has 2 rings (SSSR count). The maximum atomic E-state index is 4.19. The zero-order valence-electron chi connectivity index (χ0n) is 9.55. The molecule has 0 heteroatoms. The van der Waals surface area contributed by atoms with Crippen molar-refractivity contribution in [2.45, 2.75) is 46.0 Å². The molecule has 3 atom stereocenters. The van der Waals surface area contributed by atoms with Gasteiger partial charge in [-0.1, -0.05) is 37.6 Å². The normalized spacial score (nSPS) is 41.9. The lowest BCUT2D eigenvalue weighted by molar-refractivity contribution is 0.0592. The Morgan fingerprint density at radius 2 is 2.14 bits per heavy atom. The third-order valence-electron chi connectivity index (χ3n) is 4.51. The van der Waals surface area contributed by atoms with Gasteiger partial charge in [0.25, 0.3) is 0 Å². The molecule has 1 fully saturated rings. The van der Waals surface area contributed by atoms with Crippen LogP contribution in [0.3, 0.4) is 0 Å². The van der Waals surface area contributed by atoms with E-state index in [9.17, 15) is 0 Å². The zero-order valence-corrected chi connectivity index (χ0v) is 9.55.